The molecule has 2 aromatic carbocycles. The summed E-state index contributed by atoms with van der Waals surface area (Å²) in [6, 6.07) is 12.3. The Morgan fingerprint density at radius 1 is 1.00 bits per heavy atom. The molecular weight excluding hydrogens is 314 g/mol. The van der Waals surface area contributed by atoms with E-state index in [1.807, 2.05) is 18.2 Å². The van der Waals surface area contributed by atoms with E-state index in [2.05, 4.69) is 34.1 Å². The molecule has 0 aromatic heterocycles. The molecule has 1 aliphatic rings. The highest BCUT2D eigenvalue weighted by Gasteiger charge is 2.10. The summed E-state index contributed by atoms with van der Waals surface area (Å²) in [6.07, 6.45) is 4.98. The van der Waals surface area contributed by atoms with Crippen LogP contribution in [0.2, 0.25) is 0 Å². The first-order valence-electron chi connectivity index (χ1n) is 7.00. The number of rotatable bonds is 3. The predicted molar refractivity (Wildman–Crippen MR) is 86.0 cm³/mol. The number of ether oxygens (including phenoxy) is 1. The average molecular weight is 332 g/mol. The van der Waals surface area contributed by atoms with Crippen LogP contribution in [0.1, 0.15) is 29.5 Å². The topological polar surface area (TPSA) is 35.2 Å². The molecule has 3 heteroatoms. The molecular formula is C17H18BrNO. The first-order chi connectivity index (χ1) is 9.70. The Labute approximate surface area is 128 Å². The van der Waals surface area contributed by atoms with Crippen LogP contribution in [0.25, 0.3) is 0 Å². The summed E-state index contributed by atoms with van der Waals surface area (Å²) in [5.74, 6) is 0.948. The van der Waals surface area contributed by atoms with Gasteiger partial charge >= 0.3 is 0 Å². The van der Waals surface area contributed by atoms with Gasteiger partial charge in [-0.15, -0.1) is 0 Å². The van der Waals surface area contributed by atoms with Crippen LogP contribution in [-0.2, 0) is 19.4 Å². The molecule has 1 aliphatic carbocycles. The monoisotopic (exact) mass is 331 g/mol. The van der Waals surface area contributed by atoms with E-state index in [0.717, 1.165) is 21.5 Å². The lowest BCUT2D eigenvalue weighted by atomic mass is 9.92. The second-order valence-electron chi connectivity index (χ2n) is 5.32. The van der Waals surface area contributed by atoms with Crippen LogP contribution in [0.15, 0.2) is 40.9 Å². The third-order valence-corrected chi connectivity index (χ3v) is 4.16. The van der Waals surface area contributed by atoms with E-state index in [1.165, 1.54) is 36.8 Å². The molecule has 3 rings (SSSR count). The Morgan fingerprint density at radius 3 is 2.60 bits per heavy atom. The zero-order valence-electron chi connectivity index (χ0n) is 11.4. The van der Waals surface area contributed by atoms with Gasteiger partial charge in [-0.3, -0.25) is 0 Å². The molecule has 2 N–H and O–H groups in total. The molecule has 0 spiro atoms. The summed E-state index contributed by atoms with van der Waals surface area (Å²) in [6.45, 7) is 0.544. The summed E-state index contributed by atoms with van der Waals surface area (Å²) in [5, 5.41) is 0. The zero-order valence-corrected chi connectivity index (χ0v) is 12.9. The van der Waals surface area contributed by atoms with E-state index < -0.39 is 0 Å². The third-order valence-electron chi connectivity index (χ3n) is 3.71. The molecule has 0 heterocycles. The summed E-state index contributed by atoms with van der Waals surface area (Å²) < 4.78 is 6.88. The lowest BCUT2D eigenvalue weighted by Crippen LogP contribution is -2.03. The van der Waals surface area contributed by atoms with Gasteiger partial charge in [-0.2, -0.15) is 0 Å². The van der Waals surface area contributed by atoms with Crippen LogP contribution in [0, 0.1) is 0 Å². The van der Waals surface area contributed by atoms with E-state index in [-0.39, 0.29) is 0 Å². The van der Waals surface area contributed by atoms with Crippen molar-refractivity contribution in [1.29, 1.82) is 0 Å². The largest absolute Gasteiger partial charge is 0.489 e. The van der Waals surface area contributed by atoms with Gasteiger partial charge in [0.1, 0.15) is 12.4 Å². The molecule has 0 bridgehead atoms. The number of halogens is 1. The quantitative estimate of drug-likeness (QED) is 0.841. The van der Waals surface area contributed by atoms with Crippen molar-refractivity contribution in [2.45, 2.75) is 32.3 Å². The molecule has 20 heavy (non-hydrogen) atoms. The smallest absolute Gasteiger partial charge is 0.120 e. The standard InChI is InChI=1S/C17H18BrNO/c18-15-7-12(8-16(19)10-15)11-20-17-6-5-13-3-1-2-4-14(13)9-17/h5-10H,1-4,11,19H2. The van der Waals surface area contributed by atoms with Gasteiger partial charge in [-0.1, -0.05) is 22.0 Å². The van der Waals surface area contributed by atoms with Crippen LogP contribution in [0.3, 0.4) is 0 Å². The number of hydrogen-bond acceptors (Lipinski definition) is 2. The first-order valence-corrected chi connectivity index (χ1v) is 7.79. The number of nitrogens with two attached hydrogens (primary N) is 1. The fourth-order valence-electron chi connectivity index (χ4n) is 2.72. The van der Waals surface area contributed by atoms with E-state index in [4.69, 9.17) is 10.5 Å². The minimum atomic E-state index is 0.544. The molecule has 0 aliphatic heterocycles. The highest BCUT2D eigenvalue weighted by molar-refractivity contribution is 9.10. The number of nitrogen functional groups attached to an aromatic ring is 1. The minimum Gasteiger partial charge on any atom is -0.489 e. The van der Waals surface area contributed by atoms with E-state index in [9.17, 15) is 0 Å². The van der Waals surface area contributed by atoms with Crippen molar-refractivity contribution in [2.75, 3.05) is 5.73 Å². The lowest BCUT2D eigenvalue weighted by Gasteiger charge is -2.17. The highest BCUT2D eigenvalue weighted by atomic mass is 79.9. The SMILES string of the molecule is Nc1cc(Br)cc(COc2ccc3c(c2)CCCC3)c1. The second kappa shape index (κ2) is 5.88. The number of aryl methyl sites for hydroxylation is 2. The molecule has 0 saturated carbocycles. The van der Waals surface area contributed by atoms with Crippen LogP contribution in [-0.4, -0.2) is 0 Å². The Kier molecular flexibility index (Phi) is 3.97. The van der Waals surface area contributed by atoms with Crippen LogP contribution < -0.4 is 10.5 Å². The fourth-order valence-corrected chi connectivity index (χ4v) is 3.28. The maximum Gasteiger partial charge on any atom is 0.120 e. The molecule has 2 aromatic rings. The molecule has 0 fully saturated rings. The maximum absolute atomic E-state index is 5.89. The maximum atomic E-state index is 5.89. The fraction of sp³-hybridized carbons (Fsp3) is 0.294. The van der Waals surface area contributed by atoms with Gasteiger partial charge in [-0.05, 0) is 72.7 Å². The zero-order chi connectivity index (χ0) is 13.9. The van der Waals surface area contributed by atoms with Gasteiger partial charge in [0.25, 0.3) is 0 Å². The van der Waals surface area contributed by atoms with Gasteiger partial charge in [0, 0.05) is 10.2 Å². The van der Waals surface area contributed by atoms with E-state index in [0.29, 0.717) is 6.61 Å². The summed E-state index contributed by atoms with van der Waals surface area (Å²) >= 11 is 3.45. The number of fused-ring (bicyclic) bond motifs is 1. The van der Waals surface area contributed by atoms with Crippen molar-refractivity contribution in [3.63, 3.8) is 0 Å². The van der Waals surface area contributed by atoms with Gasteiger partial charge < -0.3 is 10.5 Å². The van der Waals surface area contributed by atoms with Crippen molar-refractivity contribution in [3.05, 3.63) is 57.6 Å². The predicted octanol–water partition coefficient (Wildman–Crippen LogP) is 4.49. The lowest BCUT2D eigenvalue weighted by molar-refractivity contribution is 0.305. The van der Waals surface area contributed by atoms with Crippen LogP contribution in [0.5, 0.6) is 5.75 Å². The summed E-state index contributed by atoms with van der Waals surface area (Å²) in [7, 11) is 0. The van der Waals surface area contributed by atoms with Crippen LogP contribution >= 0.6 is 15.9 Å². The Hall–Kier alpha value is -1.48. The van der Waals surface area contributed by atoms with Gasteiger partial charge in [0.15, 0.2) is 0 Å². The first kappa shape index (κ1) is 13.5. The number of benzene rings is 2. The van der Waals surface area contributed by atoms with E-state index in [1.54, 1.807) is 0 Å². The molecule has 2 nitrogen and oxygen atoms in total. The number of anilines is 1. The molecule has 0 radical (unpaired) electrons. The van der Waals surface area contributed by atoms with Crippen molar-refractivity contribution < 1.29 is 4.74 Å². The van der Waals surface area contributed by atoms with Crippen molar-refractivity contribution in [3.8, 4) is 5.75 Å². The average Bonchev–Trinajstić information content (AvgIpc) is 2.44. The van der Waals surface area contributed by atoms with Gasteiger partial charge in [0.2, 0.25) is 0 Å². The van der Waals surface area contributed by atoms with E-state index >= 15 is 0 Å². The summed E-state index contributed by atoms with van der Waals surface area (Å²) in [4.78, 5) is 0. The normalized spacial score (nSPS) is 13.8. The Morgan fingerprint density at radius 2 is 1.80 bits per heavy atom. The number of hydrogen-bond donors (Lipinski definition) is 1. The van der Waals surface area contributed by atoms with Gasteiger partial charge in [0.05, 0.1) is 0 Å². The molecule has 104 valence electrons. The van der Waals surface area contributed by atoms with Crippen molar-refractivity contribution in [2.24, 2.45) is 0 Å². The van der Waals surface area contributed by atoms with Crippen LogP contribution in [0.4, 0.5) is 5.69 Å². The second-order valence-corrected chi connectivity index (χ2v) is 6.23. The van der Waals surface area contributed by atoms with Crippen molar-refractivity contribution >= 4 is 21.6 Å². The van der Waals surface area contributed by atoms with Crippen molar-refractivity contribution in [1.82, 2.24) is 0 Å². The summed E-state index contributed by atoms with van der Waals surface area (Å²) in [5.41, 5.74) is 10.6. The molecule has 0 saturated heterocycles. The molecule has 0 unspecified atom stereocenters. The molecule has 0 atom stereocenters. The molecule has 0 amide bonds. The Balaban J connectivity index is 1.71. The third kappa shape index (κ3) is 3.15. The van der Waals surface area contributed by atoms with Gasteiger partial charge in [-0.25, -0.2) is 0 Å². The highest BCUT2D eigenvalue weighted by Crippen LogP contribution is 2.26. The Bertz CT molecular complexity index is 604. The minimum absolute atomic E-state index is 0.544.